The van der Waals surface area contributed by atoms with Crippen LogP contribution in [0.3, 0.4) is 0 Å². The Kier molecular flexibility index (Phi) is 6.24. The molecule has 0 amide bonds. The van der Waals surface area contributed by atoms with Crippen molar-refractivity contribution in [2.45, 2.75) is 0 Å². The summed E-state index contributed by atoms with van der Waals surface area (Å²) >= 11 is 11.5. The van der Waals surface area contributed by atoms with Crippen molar-refractivity contribution in [2.75, 3.05) is 11.9 Å². The maximum atomic E-state index is 8.29. The second-order valence-electron chi connectivity index (χ2n) is 2.57. The molecule has 0 unspecified atom stereocenters. The van der Waals surface area contributed by atoms with E-state index >= 15 is 0 Å². The summed E-state index contributed by atoms with van der Waals surface area (Å²) in [6, 6.07) is 5.08. The standard InChI is InChI=1S/C8H9Cl2N3O.ClH/c9-6-2-1-5(3-7(6)10)12-4-8(11)13-14;/h1-3,12,14H,4H2,(H2,11,13);1H. The summed E-state index contributed by atoms with van der Waals surface area (Å²) in [7, 11) is 0. The Morgan fingerprint density at radius 3 is 2.60 bits per heavy atom. The van der Waals surface area contributed by atoms with E-state index in [0.717, 1.165) is 5.69 Å². The Bertz CT molecular complexity index is 357. The third-order valence-corrected chi connectivity index (χ3v) is 2.26. The van der Waals surface area contributed by atoms with Gasteiger partial charge in [-0.25, -0.2) is 0 Å². The maximum Gasteiger partial charge on any atom is 0.158 e. The minimum absolute atomic E-state index is 0. The number of hydrogen-bond acceptors (Lipinski definition) is 3. The molecule has 0 fully saturated rings. The van der Waals surface area contributed by atoms with Crippen molar-refractivity contribution >= 4 is 47.1 Å². The Morgan fingerprint density at radius 2 is 2.07 bits per heavy atom. The fourth-order valence-electron chi connectivity index (χ4n) is 0.834. The van der Waals surface area contributed by atoms with E-state index in [1.54, 1.807) is 18.2 Å². The number of amidine groups is 1. The Hall–Kier alpha value is -0.840. The topological polar surface area (TPSA) is 70.6 Å². The maximum absolute atomic E-state index is 8.29. The van der Waals surface area contributed by atoms with Gasteiger partial charge in [0.15, 0.2) is 5.84 Å². The van der Waals surface area contributed by atoms with Crippen molar-refractivity contribution in [3.05, 3.63) is 28.2 Å². The second-order valence-corrected chi connectivity index (χ2v) is 3.39. The molecule has 84 valence electrons. The summed E-state index contributed by atoms with van der Waals surface area (Å²) in [4.78, 5) is 0. The zero-order valence-corrected chi connectivity index (χ0v) is 9.90. The van der Waals surface area contributed by atoms with Crippen molar-refractivity contribution < 1.29 is 5.21 Å². The summed E-state index contributed by atoms with van der Waals surface area (Å²) in [5.41, 5.74) is 6.02. The van der Waals surface area contributed by atoms with Gasteiger partial charge in [0.1, 0.15) is 0 Å². The molecule has 1 rings (SSSR count). The molecule has 0 aliphatic carbocycles. The number of hydrogen-bond donors (Lipinski definition) is 3. The lowest BCUT2D eigenvalue weighted by Gasteiger charge is -2.05. The van der Waals surface area contributed by atoms with Crippen LogP contribution in [0.15, 0.2) is 23.4 Å². The summed E-state index contributed by atoms with van der Waals surface area (Å²) in [6.07, 6.45) is 0. The molecule has 0 aliphatic heterocycles. The minimum atomic E-state index is 0. The summed E-state index contributed by atoms with van der Waals surface area (Å²) in [6.45, 7) is 0.245. The van der Waals surface area contributed by atoms with E-state index in [1.165, 1.54) is 0 Å². The lowest BCUT2D eigenvalue weighted by molar-refractivity contribution is 0.317. The molecule has 4 N–H and O–H groups in total. The van der Waals surface area contributed by atoms with E-state index in [-0.39, 0.29) is 24.8 Å². The lowest BCUT2D eigenvalue weighted by atomic mass is 10.3. The monoisotopic (exact) mass is 269 g/mol. The van der Waals surface area contributed by atoms with Gasteiger partial charge < -0.3 is 16.3 Å². The fourth-order valence-corrected chi connectivity index (χ4v) is 1.13. The molecule has 0 saturated carbocycles. The molecule has 0 bridgehead atoms. The van der Waals surface area contributed by atoms with Crippen molar-refractivity contribution in [2.24, 2.45) is 10.9 Å². The number of nitrogens with two attached hydrogens (primary N) is 1. The van der Waals surface area contributed by atoms with Crippen molar-refractivity contribution in [1.82, 2.24) is 0 Å². The quantitative estimate of drug-likeness (QED) is 0.342. The second kappa shape index (κ2) is 6.61. The van der Waals surface area contributed by atoms with Crippen molar-refractivity contribution in [1.29, 1.82) is 0 Å². The van der Waals surface area contributed by atoms with Gasteiger partial charge in [-0.15, -0.1) is 12.4 Å². The number of oxime groups is 1. The van der Waals surface area contributed by atoms with E-state index in [9.17, 15) is 0 Å². The smallest absolute Gasteiger partial charge is 0.158 e. The van der Waals surface area contributed by atoms with E-state index < -0.39 is 0 Å². The molecule has 0 saturated heterocycles. The molecule has 0 aliphatic rings. The van der Waals surface area contributed by atoms with E-state index in [2.05, 4.69) is 10.5 Å². The summed E-state index contributed by atoms with van der Waals surface area (Å²) in [5.74, 6) is 0.0936. The van der Waals surface area contributed by atoms with Crippen molar-refractivity contribution in [3.8, 4) is 0 Å². The van der Waals surface area contributed by atoms with Crippen LogP contribution in [0.4, 0.5) is 5.69 Å². The van der Waals surface area contributed by atoms with Gasteiger partial charge in [-0.1, -0.05) is 28.4 Å². The van der Waals surface area contributed by atoms with Gasteiger partial charge in [-0.05, 0) is 18.2 Å². The van der Waals surface area contributed by atoms with E-state index in [0.29, 0.717) is 10.0 Å². The molecule has 0 radical (unpaired) electrons. The van der Waals surface area contributed by atoms with Gasteiger partial charge >= 0.3 is 0 Å². The van der Waals surface area contributed by atoms with Crippen LogP contribution >= 0.6 is 35.6 Å². The number of nitrogens with one attached hydrogen (secondary N) is 1. The molecule has 7 heteroatoms. The summed E-state index contributed by atoms with van der Waals surface area (Å²) in [5, 5.41) is 15.0. The predicted molar refractivity (Wildman–Crippen MR) is 65.6 cm³/mol. The lowest BCUT2D eigenvalue weighted by Crippen LogP contribution is -2.22. The third-order valence-electron chi connectivity index (χ3n) is 1.52. The number of halogens is 3. The fraction of sp³-hybridized carbons (Fsp3) is 0.125. The highest BCUT2D eigenvalue weighted by atomic mass is 35.5. The largest absolute Gasteiger partial charge is 0.409 e. The first-order valence-corrected chi connectivity index (χ1v) is 4.54. The zero-order valence-electron chi connectivity index (χ0n) is 7.58. The van der Waals surface area contributed by atoms with Crippen LogP contribution in [0.5, 0.6) is 0 Å². The Labute approximate surface area is 103 Å². The highest BCUT2D eigenvalue weighted by Crippen LogP contribution is 2.24. The molecule has 1 aromatic rings. The van der Waals surface area contributed by atoms with E-state index in [4.69, 9.17) is 34.1 Å². The highest BCUT2D eigenvalue weighted by molar-refractivity contribution is 6.42. The van der Waals surface area contributed by atoms with Crippen LogP contribution in [0, 0.1) is 0 Å². The van der Waals surface area contributed by atoms with Crippen LogP contribution in [-0.2, 0) is 0 Å². The number of nitrogens with zero attached hydrogens (tertiary/aromatic N) is 1. The van der Waals surface area contributed by atoms with Crippen LogP contribution in [0.2, 0.25) is 10.0 Å². The highest BCUT2D eigenvalue weighted by Gasteiger charge is 1.99. The molecule has 15 heavy (non-hydrogen) atoms. The van der Waals surface area contributed by atoms with Gasteiger partial charge in [0.25, 0.3) is 0 Å². The molecule has 0 atom stereocenters. The average Bonchev–Trinajstić information content (AvgIpc) is 2.19. The van der Waals surface area contributed by atoms with Gasteiger partial charge in [-0.3, -0.25) is 0 Å². The van der Waals surface area contributed by atoms with Gasteiger partial charge in [0.2, 0.25) is 0 Å². The first kappa shape index (κ1) is 14.2. The van der Waals surface area contributed by atoms with Crippen LogP contribution in [-0.4, -0.2) is 17.6 Å². The average molecular weight is 271 g/mol. The van der Waals surface area contributed by atoms with E-state index in [1.807, 2.05) is 0 Å². The Balaban J connectivity index is 0.00000196. The first-order chi connectivity index (χ1) is 6.63. The minimum Gasteiger partial charge on any atom is -0.409 e. The Morgan fingerprint density at radius 1 is 1.40 bits per heavy atom. The first-order valence-electron chi connectivity index (χ1n) is 3.79. The molecule has 4 nitrogen and oxygen atoms in total. The molecule has 0 aromatic heterocycles. The number of anilines is 1. The molecule has 0 heterocycles. The molecular weight excluding hydrogens is 260 g/mol. The molecule has 1 aromatic carbocycles. The normalized spacial score (nSPS) is 10.7. The van der Waals surface area contributed by atoms with Gasteiger partial charge in [0.05, 0.1) is 16.6 Å². The van der Waals surface area contributed by atoms with Crippen molar-refractivity contribution in [3.63, 3.8) is 0 Å². The number of rotatable bonds is 3. The zero-order chi connectivity index (χ0) is 10.6. The summed E-state index contributed by atoms with van der Waals surface area (Å²) < 4.78 is 0. The predicted octanol–water partition coefficient (Wildman–Crippen LogP) is 2.57. The van der Waals surface area contributed by atoms with Gasteiger partial charge in [0, 0.05) is 5.69 Å². The van der Waals surface area contributed by atoms with Crippen LogP contribution in [0.1, 0.15) is 0 Å². The van der Waals surface area contributed by atoms with Crippen LogP contribution in [0.25, 0.3) is 0 Å². The van der Waals surface area contributed by atoms with Crippen LogP contribution < -0.4 is 11.1 Å². The number of benzene rings is 1. The SMILES string of the molecule is Cl.NC(CNc1ccc(Cl)c(Cl)c1)=NO. The molecular formula is C8H10Cl3N3O. The third kappa shape index (κ3) is 4.46. The van der Waals surface area contributed by atoms with Gasteiger partial charge in [-0.2, -0.15) is 0 Å². The molecule has 0 spiro atoms.